The van der Waals surface area contributed by atoms with Crippen molar-refractivity contribution in [2.75, 3.05) is 26.9 Å². The van der Waals surface area contributed by atoms with E-state index in [1.54, 1.807) is 0 Å². The Morgan fingerprint density at radius 1 is 1.64 bits per heavy atom. The zero-order valence-corrected chi connectivity index (χ0v) is 8.97. The van der Waals surface area contributed by atoms with Gasteiger partial charge < -0.3 is 9.47 Å². The molecule has 1 rings (SSSR count). The van der Waals surface area contributed by atoms with Gasteiger partial charge in [0.25, 0.3) is 0 Å². The summed E-state index contributed by atoms with van der Waals surface area (Å²) in [5, 5.41) is 3.22. The van der Waals surface area contributed by atoms with Gasteiger partial charge >= 0.3 is 5.97 Å². The Balaban J connectivity index is 2.61. The number of nitrogens with one attached hydrogen (secondary N) is 1. The number of rotatable bonds is 4. The van der Waals surface area contributed by atoms with Crippen LogP contribution in [-0.4, -0.2) is 38.4 Å². The normalized spacial score (nSPS) is 27.3. The van der Waals surface area contributed by atoms with Gasteiger partial charge in [-0.2, -0.15) is 0 Å². The third-order valence-electron chi connectivity index (χ3n) is 2.59. The molecule has 1 aliphatic rings. The zero-order valence-electron chi connectivity index (χ0n) is 8.97. The average Bonchev–Trinajstić information content (AvgIpc) is 2.26. The highest BCUT2D eigenvalue weighted by Crippen LogP contribution is 2.19. The highest BCUT2D eigenvalue weighted by atomic mass is 16.5. The molecule has 0 bridgehead atoms. The van der Waals surface area contributed by atoms with Crippen molar-refractivity contribution in [2.45, 2.75) is 31.7 Å². The first-order valence-corrected chi connectivity index (χ1v) is 5.16. The second-order valence-electron chi connectivity index (χ2n) is 3.66. The maximum Gasteiger partial charge on any atom is 0.328 e. The van der Waals surface area contributed by atoms with Gasteiger partial charge in [0.15, 0.2) is 0 Å². The van der Waals surface area contributed by atoms with Crippen LogP contribution >= 0.6 is 0 Å². The summed E-state index contributed by atoms with van der Waals surface area (Å²) in [7, 11) is 1.42. The monoisotopic (exact) mass is 201 g/mol. The van der Waals surface area contributed by atoms with Crippen molar-refractivity contribution in [3.63, 3.8) is 0 Å². The van der Waals surface area contributed by atoms with Crippen molar-refractivity contribution in [3.05, 3.63) is 0 Å². The van der Waals surface area contributed by atoms with Gasteiger partial charge in [-0.25, -0.2) is 4.79 Å². The van der Waals surface area contributed by atoms with E-state index in [4.69, 9.17) is 9.47 Å². The molecule has 4 heteroatoms. The van der Waals surface area contributed by atoms with Crippen molar-refractivity contribution in [1.82, 2.24) is 5.32 Å². The highest BCUT2D eigenvalue weighted by molar-refractivity contribution is 5.81. The van der Waals surface area contributed by atoms with Crippen molar-refractivity contribution < 1.29 is 14.3 Å². The first kappa shape index (κ1) is 11.5. The fourth-order valence-electron chi connectivity index (χ4n) is 1.73. The van der Waals surface area contributed by atoms with E-state index in [1.165, 1.54) is 7.11 Å². The van der Waals surface area contributed by atoms with Crippen molar-refractivity contribution in [3.8, 4) is 0 Å². The van der Waals surface area contributed by atoms with Crippen LogP contribution in [0.4, 0.5) is 0 Å². The van der Waals surface area contributed by atoms with Crippen molar-refractivity contribution >= 4 is 5.97 Å². The van der Waals surface area contributed by atoms with E-state index in [9.17, 15) is 4.79 Å². The standard InChI is InChI=1S/C10H19NO3/c1-3-4-5-10(9(12)13-2)8-14-7-6-11-10/h11H,3-8H2,1-2H3. The molecule has 0 aromatic heterocycles. The number of carbonyl (C=O) groups excluding carboxylic acids is 1. The second-order valence-corrected chi connectivity index (χ2v) is 3.66. The summed E-state index contributed by atoms with van der Waals surface area (Å²) >= 11 is 0. The summed E-state index contributed by atoms with van der Waals surface area (Å²) in [6.07, 6.45) is 2.86. The Morgan fingerprint density at radius 2 is 2.43 bits per heavy atom. The summed E-state index contributed by atoms with van der Waals surface area (Å²) in [4.78, 5) is 11.6. The van der Waals surface area contributed by atoms with Crippen LogP contribution in [0.2, 0.25) is 0 Å². The molecule has 1 atom stereocenters. The number of unbranched alkanes of at least 4 members (excludes halogenated alkanes) is 1. The number of morpholine rings is 1. The Bertz CT molecular complexity index is 188. The van der Waals surface area contributed by atoms with Crippen LogP contribution in [0.5, 0.6) is 0 Å². The van der Waals surface area contributed by atoms with Crippen LogP contribution in [-0.2, 0) is 14.3 Å². The lowest BCUT2D eigenvalue weighted by Crippen LogP contribution is -2.60. The Hall–Kier alpha value is -0.610. The SMILES string of the molecule is CCCCC1(C(=O)OC)COCCN1. The molecule has 4 nitrogen and oxygen atoms in total. The summed E-state index contributed by atoms with van der Waals surface area (Å²) in [5.74, 6) is -0.203. The van der Waals surface area contributed by atoms with Gasteiger partial charge in [0.2, 0.25) is 0 Å². The van der Waals surface area contributed by atoms with E-state index in [2.05, 4.69) is 12.2 Å². The first-order valence-electron chi connectivity index (χ1n) is 5.16. The summed E-state index contributed by atoms with van der Waals surface area (Å²) in [6, 6.07) is 0. The van der Waals surface area contributed by atoms with Crippen molar-refractivity contribution in [2.24, 2.45) is 0 Å². The minimum Gasteiger partial charge on any atom is -0.468 e. The van der Waals surface area contributed by atoms with Crippen LogP contribution in [0.15, 0.2) is 0 Å². The number of hydrogen-bond donors (Lipinski definition) is 1. The zero-order chi connectivity index (χ0) is 10.4. The molecule has 0 radical (unpaired) electrons. The van der Waals surface area contributed by atoms with E-state index in [1.807, 2.05) is 0 Å². The minimum atomic E-state index is -0.594. The quantitative estimate of drug-likeness (QED) is 0.680. The summed E-state index contributed by atoms with van der Waals surface area (Å²) in [6.45, 7) is 3.93. The molecule has 1 unspecified atom stereocenters. The lowest BCUT2D eigenvalue weighted by atomic mass is 9.92. The molecule has 1 heterocycles. The largest absolute Gasteiger partial charge is 0.468 e. The Kier molecular flexibility index (Phi) is 4.35. The number of ether oxygens (including phenoxy) is 2. The number of hydrogen-bond acceptors (Lipinski definition) is 4. The van der Waals surface area contributed by atoms with E-state index < -0.39 is 5.54 Å². The maximum atomic E-state index is 11.6. The third-order valence-corrected chi connectivity index (χ3v) is 2.59. The molecule has 1 fully saturated rings. The predicted octanol–water partition coefficient (Wildman–Crippen LogP) is 0.708. The lowest BCUT2D eigenvalue weighted by Gasteiger charge is -2.35. The lowest BCUT2D eigenvalue weighted by molar-refractivity contribution is -0.154. The molecule has 0 aromatic rings. The smallest absolute Gasteiger partial charge is 0.328 e. The van der Waals surface area contributed by atoms with E-state index in [-0.39, 0.29) is 5.97 Å². The third kappa shape index (κ3) is 2.45. The summed E-state index contributed by atoms with van der Waals surface area (Å²) in [5.41, 5.74) is -0.594. The van der Waals surface area contributed by atoms with Crippen molar-refractivity contribution in [1.29, 1.82) is 0 Å². The molecule has 1 aliphatic heterocycles. The van der Waals surface area contributed by atoms with Crippen LogP contribution in [0, 0.1) is 0 Å². The second kappa shape index (κ2) is 5.32. The van der Waals surface area contributed by atoms with Gasteiger partial charge in [-0.15, -0.1) is 0 Å². The van der Waals surface area contributed by atoms with E-state index in [0.717, 1.165) is 25.8 Å². The predicted molar refractivity (Wildman–Crippen MR) is 53.1 cm³/mol. The molecule has 0 aliphatic carbocycles. The Labute approximate surface area is 85.0 Å². The van der Waals surface area contributed by atoms with Crippen LogP contribution < -0.4 is 5.32 Å². The molecule has 1 N–H and O–H groups in total. The van der Waals surface area contributed by atoms with E-state index >= 15 is 0 Å². The van der Waals surface area contributed by atoms with Crippen LogP contribution in [0.3, 0.4) is 0 Å². The van der Waals surface area contributed by atoms with Crippen LogP contribution in [0.1, 0.15) is 26.2 Å². The molecule has 0 saturated carbocycles. The van der Waals surface area contributed by atoms with Gasteiger partial charge in [0.05, 0.1) is 20.3 Å². The molecule has 0 spiro atoms. The van der Waals surface area contributed by atoms with Gasteiger partial charge in [0, 0.05) is 6.54 Å². The van der Waals surface area contributed by atoms with Gasteiger partial charge in [-0.1, -0.05) is 19.8 Å². The average molecular weight is 201 g/mol. The maximum absolute atomic E-state index is 11.6. The molecular formula is C10H19NO3. The highest BCUT2D eigenvalue weighted by Gasteiger charge is 2.40. The topological polar surface area (TPSA) is 47.6 Å². The molecule has 14 heavy (non-hydrogen) atoms. The Morgan fingerprint density at radius 3 is 2.93 bits per heavy atom. The fraction of sp³-hybridized carbons (Fsp3) is 0.900. The number of esters is 1. The minimum absolute atomic E-state index is 0.203. The molecular weight excluding hydrogens is 182 g/mol. The molecule has 0 aromatic carbocycles. The molecule has 0 amide bonds. The van der Waals surface area contributed by atoms with Crippen LogP contribution in [0.25, 0.3) is 0 Å². The van der Waals surface area contributed by atoms with Gasteiger partial charge in [0.1, 0.15) is 5.54 Å². The number of methoxy groups -OCH3 is 1. The van der Waals surface area contributed by atoms with Gasteiger partial charge in [-0.05, 0) is 6.42 Å². The molecule has 1 saturated heterocycles. The first-order chi connectivity index (χ1) is 6.75. The molecule has 82 valence electrons. The summed E-state index contributed by atoms with van der Waals surface area (Å²) < 4.78 is 10.2. The number of carbonyl (C=O) groups is 1. The van der Waals surface area contributed by atoms with Gasteiger partial charge in [-0.3, -0.25) is 5.32 Å². The fourth-order valence-corrected chi connectivity index (χ4v) is 1.73. The van der Waals surface area contributed by atoms with E-state index in [0.29, 0.717) is 13.2 Å².